The Kier molecular flexibility index (Phi) is 9.32. The van der Waals surface area contributed by atoms with E-state index in [-0.39, 0.29) is 0 Å². The van der Waals surface area contributed by atoms with Gasteiger partial charge in [0.25, 0.3) is 0 Å². The van der Waals surface area contributed by atoms with Crippen molar-refractivity contribution in [3.05, 3.63) is 0 Å². The van der Waals surface area contributed by atoms with Crippen LogP contribution in [0.25, 0.3) is 0 Å². The van der Waals surface area contributed by atoms with Crippen molar-refractivity contribution < 1.29 is 13.2 Å². The smallest absolute Gasteiger partial charge is 0.294 e. The first-order chi connectivity index (χ1) is 7.92. The largest absolute Gasteiger partial charge is 0.401 e. The average molecular weight is 318 g/mol. The molecule has 0 aromatic heterocycles. The summed E-state index contributed by atoms with van der Waals surface area (Å²) in [4.78, 5) is 1.51. The van der Waals surface area contributed by atoms with E-state index >= 15 is 0 Å². The normalized spacial score (nSPS) is 14.3. The van der Waals surface area contributed by atoms with E-state index in [9.17, 15) is 13.2 Å². The van der Waals surface area contributed by atoms with Crippen LogP contribution < -0.4 is 0 Å². The van der Waals surface area contributed by atoms with Crippen LogP contribution in [-0.4, -0.2) is 36.0 Å². The molecule has 0 bridgehead atoms. The van der Waals surface area contributed by atoms with E-state index in [4.69, 9.17) is 0 Å². The molecule has 0 radical (unpaired) electrons. The topological polar surface area (TPSA) is 3.24 Å². The Morgan fingerprint density at radius 2 is 1.88 bits per heavy atom. The molecule has 0 amide bonds. The van der Waals surface area contributed by atoms with Gasteiger partial charge in [-0.05, 0) is 12.3 Å². The fourth-order valence-electron chi connectivity index (χ4n) is 1.89. The molecule has 0 aliphatic rings. The summed E-state index contributed by atoms with van der Waals surface area (Å²) in [6.07, 6.45) is 0.104. The molecule has 17 heavy (non-hydrogen) atoms. The zero-order chi connectivity index (χ0) is 13.3. The van der Waals surface area contributed by atoms with Gasteiger partial charge in [-0.3, -0.25) is 4.90 Å². The molecule has 1 nitrogen and oxygen atoms in total. The molecular formula is C12H23BrF3N. The van der Waals surface area contributed by atoms with Crippen LogP contribution in [0.3, 0.4) is 0 Å². The summed E-state index contributed by atoms with van der Waals surface area (Å²) in [6.45, 7) is 4.39. The van der Waals surface area contributed by atoms with E-state index in [1.807, 2.05) is 0 Å². The third-order valence-electron chi connectivity index (χ3n) is 2.86. The van der Waals surface area contributed by atoms with Gasteiger partial charge in [-0.25, -0.2) is 0 Å². The number of hydrogen-bond donors (Lipinski definition) is 0. The maximum Gasteiger partial charge on any atom is 0.401 e. The molecule has 0 aliphatic carbocycles. The molecule has 5 heteroatoms. The Morgan fingerprint density at radius 1 is 1.24 bits per heavy atom. The molecule has 0 aromatic carbocycles. The maximum atomic E-state index is 12.4. The van der Waals surface area contributed by atoms with Gasteiger partial charge in [-0.1, -0.05) is 49.0 Å². The van der Waals surface area contributed by atoms with E-state index in [1.54, 1.807) is 0 Å². The van der Waals surface area contributed by atoms with E-state index in [2.05, 4.69) is 29.8 Å². The lowest BCUT2D eigenvalue weighted by molar-refractivity contribution is -0.146. The van der Waals surface area contributed by atoms with Gasteiger partial charge in [0.1, 0.15) is 0 Å². The number of unbranched alkanes of at least 4 members (excludes halogenated alkanes) is 1. The summed E-state index contributed by atoms with van der Waals surface area (Å²) < 4.78 is 37.1. The second-order valence-corrected chi connectivity index (χ2v) is 5.25. The molecule has 0 saturated carbocycles. The van der Waals surface area contributed by atoms with Crippen LogP contribution in [0.5, 0.6) is 0 Å². The summed E-state index contributed by atoms with van der Waals surface area (Å²) in [5.41, 5.74) is 0. The van der Waals surface area contributed by atoms with Crippen molar-refractivity contribution in [2.45, 2.75) is 45.7 Å². The summed E-state index contributed by atoms with van der Waals surface area (Å²) in [5, 5.41) is 0.591. The van der Waals surface area contributed by atoms with E-state index < -0.39 is 12.7 Å². The number of halogens is 4. The van der Waals surface area contributed by atoms with Crippen LogP contribution in [0, 0.1) is 5.92 Å². The summed E-state index contributed by atoms with van der Waals surface area (Å²) >= 11 is 3.21. The SMILES string of the molecule is CCCCC(CC)CN(CCBr)CC(F)(F)F. The average Bonchev–Trinajstić information content (AvgIpc) is 2.22. The second kappa shape index (κ2) is 9.20. The van der Waals surface area contributed by atoms with E-state index in [0.717, 1.165) is 25.7 Å². The van der Waals surface area contributed by atoms with Crippen molar-refractivity contribution in [3.8, 4) is 0 Å². The van der Waals surface area contributed by atoms with Gasteiger partial charge in [-0.2, -0.15) is 13.2 Å². The van der Waals surface area contributed by atoms with Crippen molar-refractivity contribution in [1.82, 2.24) is 4.90 Å². The van der Waals surface area contributed by atoms with Gasteiger partial charge in [0.05, 0.1) is 6.54 Å². The van der Waals surface area contributed by atoms with Gasteiger partial charge in [-0.15, -0.1) is 0 Å². The lowest BCUT2D eigenvalue weighted by Crippen LogP contribution is -2.38. The van der Waals surface area contributed by atoms with Gasteiger partial charge in [0, 0.05) is 18.4 Å². The predicted molar refractivity (Wildman–Crippen MR) is 69.6 cm³/mol. The maximum absolute atomic E-state index is 12.4. The molecule has 1 atom stereocenters. The minimum Gasteiger partial charge on any atom is -0.294 e. The summed E-state index contributed by atoms with van der Waals surface area (Å²) in [5.74, 6) is 0.386. The summed E-state index contributed by atoms with van der Waals surface area (Å²) in [7, 11) is 0. The van der Waals surface area contributed by atoms with Gasteiger partial charge in [0.15, 0.2) is 0 Å². The third kappa shape index (κ3) is 9.89. The van der Waals surface area contributed by atoms with Gasteiger partial charge in [0.2, 0.25) is 0 Å². The summed E-state index contributed by atoms with van der Waals surface area (Å²) in [6, 6.07) is 0. The van der Waals surface area contributed by atoms with Crippen LogP contribution in [0.4, 0.5) is 13.2 Å². The number of alkyl halides is 4. The molecule has 0 heterocycles. The van der Waals surface area contributed by atoms with Crippen molar-refractivity contribution >= 4 is 15.9 Å². The Bertz CT molecular complexity index is 185. The van der Waals surface area contributed by atoms with Crippen molar-refractivity contribution in [3.63, 3.8) is 0 Å². The van der Waals surface area contributed by atoms with Crippen LogP contribution >= 0.6 is 15.9 Å². The molecule has 0 N–H and O–H groups in total. The molecule has 1 unspecified atom stereocenters. The first-order valence-corrected chi connectivity index (χ1v) is 7.40. The molecule has 0 aromatic rings. The van der Waals surface area contributed by atoms with Crippen molar-refractivity contribution in [2.24, 2.45) is 5.92 Å². The van der Waals surface area contributed by atoms with Crippen LogP contribution in [-0.2, 0) is 0 Å². The highest BCUT2D eigenvalue weighted by atomic mass is 79.9. The van der Waals surface area contributed by atoms with E-state index in [0.29, 0.717) is 24.3 Å². The van der Waals surface area contributed by atoms with Gasteiger partial charge < -0.3 is 0 Å². The second-order valence-electron chi connectivity index (χ2n) is 4.46. The Hall–Kier alpha value is 0.230. The first kappa shape index (κ1) is 17.2. The van der Waals surface area contributed by atoms with Crippen molar-refractivity contribution in [2.75, 3.05) is 25.0 Å². The lowest BCUT2D eigenvalue weighted by atomic mass is 9.99. The fourth-order valence-corrected chi connectivity index (χ4v) is 2.39. The minimum atomic E-state index is -4.09. The molecule has 0 rings (SSSR count). The third-order valence-corrected chi connectivity index (χ3v) is 3.22. The predicted octanol–water partition coefficient (Wildman–Crippen LogP) is 4.46. The van der Waals surface area contributed by atoms with Crippen LogP contribution in [0.1, 0.15) is 39.5 Å². The molecule has 0 saturated heterocycles. The highest BCUT2D eigenvalue weighted by Crippen LogP contribution is 2.20. The molecule has 0 spiro atoms. The number of rotatable bonds is 9. The zero-order valence-electron chi connectivity index (χ0n) is 10.7. The van der Waals surface area contributed by atoms with Gasteiger partial charge >= 0.3 is 6.18 Å². The zero-order valence-corrected chi connectivity index (χ0v) is 12.3. The van der Waals surface area contributed by atoms with Crippen molar-refractivity contribution in [1.29, 1.82) is 0 Å². The quantitative estimate of drug-likeness (QED) is 0.567. The number of nitrogens with zero attached hydrogens (tertiary/aromatic N) is 1. The standard InChI is InChI=1S/C12H23BrF3N/c1-3-5-6-11(4-2)9-17(8-7-13)10-12(14,15)16/h11H,3-10H2,1-2H3. The highest BCUT2D eigenvalue weighted by Gasteiger charge is 2.31. The minimum absolute atomic E-state index is 0.386. The molecule has 104 valence electrons. The molecule has 0 fully saturated rings. The molecule has 0 aliphatic heterocycles. The van der Waals surface area contributed by atoms with Crippen LogP contribution in [0.2, 0.25) is 0 Å². The molecular weight excluding hydrogens is 295 g/mol. The monoisotopic (exact) mass is 317 g/mol. The Balaban J connectivity index is 4.19. The number of hydrogen-bond acceptors (Lipinski definition) is 1. The van der Waals surface area contributed by atoms with Crippen LogP contribution in [0.15, 0.2) is 0 Å². The fraction of sp³-hybridized carbons (Fsp3) is 1.00. The van der Waals surface area contributed by atoms with E-state index in [1.165, 1.54) is 4.90 Å². The Labute approximate surface area is 111 Å². The Morgan fingerprint density at radius 3 is 2.29 bits per heavy atom. The highest BCUT2D eigenvalue weighted by molar-refractivity contribution is 9.09. The first-order valence-electron chi connectivity index (χ1n) is 6.28. The lowest BCUT2D eigenvalue weighted by Gasteiger charge is -2.27.